The maximum Gasteiger partial charge on any atom is 0.128 e. The Balaban J connectivity index is 2.09. The average Bonchev–Trinajstić information content (AvgIpc) is 2.54. The van der Waals surface area contributed by atoms with E-state index in [9.17, 15) is 0 Å². The first-order valence-corrected chi connectivity index (χ1v) is 5.81. The number of anilines is 1. The lowest BCUT2D eigenvalue weighted by molar-refractivity contribution is 0.0820. The molecule has 88 valence electrons. The van der Waals surface area contributed by atoms with Gasteiger partial charge in [-0.2, -0.15) is 0 Å². The summed E-state index contributed by atoms with van der Waals surface area (Å²) >= 11 is 0. The molecule has 1 aromatic heterocycles. The standard InChI is InChI=1S/C12H19N3O/c1-10-9-15(5-2-6-16-10)12-4-3-11(7-13)8-14-12/h3-4,8,10H,2,5-7,9,13H2,1H3. The van der Waals surface area contributed by atoms with Gasteiger partial charge in [-0.05, 0) is 25.0 Å². The summed E-state index contributed by atoms with van der Waals surface area (Å²) in [6, 6.07) is 4.08. The zero-order chi connectivity index (χ0) is 11.4. The van der Waals surface area contributed by atoms with Gasteiger partial charge in [-0.1, -0.05) is 6.07 Å². The van der Waals surface area contributed by atoms with Crippen LogP contribution in [0.5, 0.6) is 0 Å². The van der Waals surface area contributed by atoms with Gasteiger partial charge in [-0.15, -0.1) is 0 Å². The summed E-state index contributed by atoms with van der Waals surface area (Å²) in [4.78, 5) is 6.72. The molecule has 1 atom stereocenters. The Bertz CT molecular complexity index is 326. The van der Waals surface area contributed by atoms with Crippen LogP contribution < -0.4 is 10.6 Å². The molecular formula is C12H19N3O. The number of rotatable bonds is 2. The van der Waals surface area contributed by atoms with Crippen molar-refractivity contribution in [1.29, 1.82) is 0 Å². The monoisotopic (exact) mass is 221 g/mol. The number of hydrogen-bond donors (Lipinski definition) is 1. The molecule has 0 bridgehead atoms. The third-order valence-corrected chi connectivity index (χ3v) is 2.82. The first kappa shape index (κ1) is 11.4. The maximum atomic E-state index is 5.61. The summed E-state index contributed by atoms with van der Waals surface area (Å²) < 4.78 is 5.61. The quantitative estimate of drug-likeness (QED) is 0.814. The lowest BCUT2D eigenvalue weighted by Gasteiger charge is -2.23. The lowest BCUT2D eigenvalue weighted by atomic mass is 10.2. The van der Waals surface area contributed by atoms with Crippen LogP contribution in [0.3, 0.4) is 0 Å². The maximum absolute atomic E-state index is 5.61. The van der Waals surface area contributed by atoms with Crippen molar-refractivity contribution >= 4 is 5.82 Å². The highest BCUT2D eigenvalue weighted by Gasteiger charge is 2.15. The molecule has 0 aromatic carbocycles. The third kappa shape index (κ3) is 2.71. The van der Waals surface area contributed by atoms with Crippen molar-refractivity contribution in [2.75, 3.05) is 24.6 Å². The van der Waals surface area contributed by atoms with Crippen LogP contribution in [-0.2, 0) is 11.3 Å². The highest BCUT2D eigenvalue weighted by Crippen LogP contribution is 2.15. The minimum absolute atomic E-state index is 0.276. The molecule has 1 aliphatic heterocycles. The van der Waals surface area contributed by atoms with Crippen LogP contribution in [0.2, 0.25) is 0 Å². The van der Waals surface area contributed by atoms with E-state index >= 15 is 0 Å². The van der Waals surface area contributed by atoms with Gasteiger partial charge < -0.3 is 15.4 Å². The molecule has 0 spiro atoms. The zero-order valence-electron chi connectivity index (χ0n) is 9.72. The molecule has 1 aliphatic rings. The molecule has 0 amide bonds. The zero-order valence-corrected chi connectivity index (χ0v) is 9.72. The van der Waals surface area contributed by atoms with Crippen molar-refractivity contribution in [3.63, 3.8) is 0 Å². The SMILES string of the molecule is CC1CN(c2ccc(CN)cn2)CCCO1. The van der Waals surface area contributed by atoms with Gasteiger partial charge in [-0.3, -0.25) is 0 Å². The Morgan fingerprint density at radius 1 is 1.56 bits per heavy atom. The number of nitrogens with two attached hydrogens (primary N) is 1. The third-order valence-electron chi connectivity index (χ3n) is 2.82. The van der Waals surface area contributed by atoms with Gasteiger partial charge in [0, 0.05) is 32.4 Å². The summed E-state index contributed by atoms with van der Waals surface area (Å²) in [6.45, 7) is 5.42. The molecule has 1 unspecified atom stereocenters. The van der Waals surface area contributed by atoms with E-state index < -0.39 is 0 Å². The van der Waals surface area contributed by atoms with Crippen LogP contribution in [0, 0.1) is 0 Å². The Morgan fingerprint density at radius 3 is 3.12 bits per heavy atom. The van der Waals surface area contributed by atoms with Crippen molar-refractivity contribution in [1.82, 2.24) is 4.98 Å². The molecule has 1 fully saturated rings. The van der Waals surface area contributed by atoms with Gasteiger partial charge in [-0.25, -0.2) is 4.98 Å². The fourth-order valence-corrected chi connectivity index (χ4v) is 1.93. The molecule has 2 rings (SSSR count). The van der Waals surface area contributed by atoms with Crippen LogP contribution in [0.1, 0.15) is 18.9 Å². The van der Waals surface area contributed by atoms with Crippen molar-refractivity contribution in [3.05, 3.63) is 23.9 Å². The summed E-state index contributed by atoms with van der Waals surface area (Å²) in [5.74, 6) is 1.02. The van der Waals surface area contributed by atoms with Crippen molar-refractivity contribution < 1.29 is 4.74 Å². The van der Waals surface area contributed by atoms with Crippen LogP contribution in [0.4, 0.5) is 5.82 Å². The van der Waals surface area contributed by atoms with Crippen LogP contribution >= 0.6 is 0 Å². The number of nitrogens with zero attached hydrogens (tertiary/aromatic N) is 2. The normalized spacial score (nSPS) is 21.9. The second-order valence-corrected chi connectivity index (χ2v) is 4.21. The Hall–Kier alpha value is -1.13. The highest BCUT2D eigenvalue weighted by atomic mass is 16.5. The van der Waals surface area contributed by atoms with E-state index in [1.54, 1.807) is 0 Å². The molecule has 0 aliphatic carbocycles. The molecule has 0 saturated carbocycles. The van der Waals surface area contributed by atoms with E-state index in [-0.39, 0.29) is 6.10 Å². The smallest absolute Gasteiger partial charge is 0.128 e. The van der Waals surface area contributed by atoms with Gasteiger partial charge in [0.2, 0.25) is 0 Å². The molecule has 2 N–H and O–H groups in total. The predicted octanol–water partition coefficient (Wildman–Crippen LogP) is 1.16. The second kappa shape index (κ2) is 5.27. The molecule has 1 saturated heterocycles. The molecule has 4 nitrogen and oxygen atoms in total. The minimum atomic E-state index is 0.276. The second-order valence-electron chi connectivity index (χ2n) is 4.21. The fraction of sp³-hybridized carbons (Fsp3) is 0.583. The molecule has 16 heavy (non-hydrogen) atoms. The van der Waals surface area contributed by atoms with Crippen molar-refractivity contribution in [3.8, 4) is 0 Å². The van der Waals surface area contributed by atoms with E-state index in [1.165, 1.54) is 0 Å². The van der Waals surface area contributed by atoms with Gasteiger partial charge in [0.25, 0.3) is 0 Å². The Labute approximate surface area is 96.4 Å². The summed E-state index contributed by atoms with van der Waals surface area (Å²) in [7, 11) is 0. The Kier molecular flexibility index (Phi) is 3.74. The molecule has 4 heteroatoms. The van der Waals surface area contributed by atoms with Gasteiger partial charge in [0.05, 0.1) is 6.10 Å². The number of pyridine rings is 1. The summed E-state index contributed by atoms with van der Waals surface area (Å²) in [5.41, 5.74) is 6.62. The first-order chi connectivity index (χ1) is 7.79. The number of ether oxygens (including phenoxy) is 1. The van der Waals surface area contributed by atoms with Crippen molar-refractivity contribution in [2.24, 2.45) is 5.73 Å². The summed E-state index contributed by atoms with van der Waals surface area (Å²) in [6.07, 6.45) is 3.19. The fourth-order valence-electron chi connectivity index (χ4n) is 1.93. The van der Waals surface area contributed by atoms with E-state index in [0.717, 1.165) is 37.5 Å². The highest BCUT2D eigenvalue weighted by molar-refractivity contribution is 5.39. The van der Waals surface area contributed by atoms with E-state index in [4.69, 9.17) is 10.5 Å². The molecule has 2 heterocycles. The van der Waals surface area contributed by atoms with E-state index in [2.05, 4.69) is 16.8 Å². The van der Waals surface area contributed by atoms with Crippen LogP contribution in [-0.4, -0.2) is 30.8 Å². The first-order valence-electron chi connectivity index (χ1n) is 5.81. The Morgan fingerprint density at radius 2 is 2.44 bits per heavy atom. The molecular weight excluding hydrogens is 202 g/mol. The number of hydrogen-bond acceptors (Lipinski definition) is 4. The number of aromatic nitrogens is 1. The van der Waals surface area contributed by atoms with Gasteiger partial charge >= 0.3 is 0 Å². The topological polar surface area (TPSA) is 51.4 Å². The summed E-state index contributed by atoms with van der Waals surface area (Å²) in [5, 5.41) is 0. The van der Waals surface area contributed by atoms with Crippen LogP contribution in [0.25, 0.3) is 0 Å². The van der Waals surface area contributed by atoms with Crippen molar-refractivity contribution in [2.45, 2.75) is 26.0 Å². The molecule has 0 radical (unpaired) electrons. The van der Waals surface area contributed by atoms with E-state index in [0.29, 0.717) is 6.54 Å². The minimum Gasteiger partial charge on any atom is -0.377 e. The largest absolute Gasteiger partial charge is 0.377 e. The lowest BCUT2D eigenvalue weighted by Crippen LogP contribution is -2.30. The average molecular weight is 221 g/mol. The van der Waals surface area contributed by atoms with Gasteiger partial charge in [0.1, 0.15) is 5.82 Å². The molecule has 1 aromatic rings. The van der Waals surface area contributed by atoms with E-state index in [1.807, 2.05) is 18.3 Å². The van der Waals surface area contributed by atoms with Crippen LogP contribution in [0.15, 0.2) is 18.3 Å². The van der Waals surface area contributed by atoms with Gasteiger partial charge in [0.15, 0.2) is 0 Å². The predicted molar refractivity (Wildman–Crippen MR) is 64.4 cm³/mol.